The van der Waals surface area contributed by atoms with Gasteiger partial charge in [0.25, 0.3) is 0 Å². The summed E-state index contributed by atoms with van der Waals surface area (Å²) < 4.78 is 0. The Balaban J connectivity index is 1.96. The van der Waals surface area contributed by atoms with Gasteiger partial charge in [-0.15, -0.1) is 0 Å². The van der Waals surface area contributed by atoms with Gasteiger partial charge in [0.15, 0.2) is 0 Å². The van der Waals surface area contributed by atoms with E-state index < -0.39 is 0 Å². The molecule has 0 aromatic heterocycles. The number of benzene rings is 2. The molecule has 0 bridgehead atoms. The summed E-state index contributed by atoms with van der Waals surface area (Å²) >= 11 is 0. The number of nitrogens with one attached hydrogen (secondary N) is 1. The molecular formula is C20H25N. The molecule has 0 spiro atoms. The topological polar surface area (TPSA) is 12.0 Å². The molecule has 1 heteroatoms. The van der Waals surface area contributed by atoms with Crippen molar-refractivity contribution in [2.45, 2.75) is 52.0 Å². The Morgan fingerprint density at radius 1 is 1.00 bits per heavy atom. The Morgan fingerprint density at radius 2 is 1.76 bits per heavy atom. The van der Waals surface area contributed by atoms with Crippen LogP contribution in [0.25, 0.3) is 0 Å². The summed E-state index contributed by atoms with van der Waals surface area (Å²) in [6.07, 6.45) is 2.42. The van der Waals surface area contributed by atoms with Crippen molar-refractivity contribution >= 4 is 5.69 Å². The van der Waals surface area contributed by atoms with Crippen molar-refractivity contribution < 1.29 is 0 Å². The van der Waals surface area contributed by atoms with Gasteiger partial charge in [-0.05, 0) is 60.4 Å². The smallest absolute Gasteiger partial charge is 0.0517 e. The first-order chi connectivity index (χ1) is 9.99. The van der Waals surface area contributed by atoms with E-state index in [9.17, 15) is 0 Å². The van der Waals surface area contributed by atoms with Crippen LogP contribution < -0.4 is 5.32 Å². The zero-order valence-electron chi connectivity index (χ0n) is 13.5. The van der Waals surface area contributed by atoms with Gasteiger partial charge < -0.3 is 5.32 Å². The average Bonchev–Trinajstić information content (AvgIpc) is 2.47. The van der Waals surface area contributed by atoms with Gasteiger partial charge in [-0.3, -0.25) is 0 Å². The standard InChI is InChI=1S/C20H25N/c1-14-8-7-11-18(15(14)2)21-19-12-13-20(3,4)17-10-6-5-9-16(17)19/h5-11,19,21H,12-13H2,1-4H3. The summed E-state index contributed by atoms with van der Waals surface area (Å²) in [4.78, 5) is 0. The van der Waals surface area contributed by atoms with E-state index in [1.54, 1.807) is 0 Å². The van der Waals surface area contributed by atoms with Crippen LogP contribution in [-0.4, -0.2) is 0 Å². The summed E-state index contributed by atoms with van der Waals surface area (Å²) in [5.74, 6) is 0. The summed E-state index contributed by atoms with van der Waals surface area (Å²) in [7, 11) is 0. The molecule has 0 saturated carbocycles. The Morgan fingerprint density at radius 3 is 2.57 bits per heavy atom. The molecule has 0 aliphatic heterocycles. The first-order valence-electron chi connectivity index (χ1n) is 7.91. The molecule has 0 amide bonds. The molecule has 1 atom stereocenters. The Labute approximate surface area is 128 Å². The molecule has 1 unspecified atom stereocenters. The molecule has 1 aliphatic carbocycles. The lowest BCUT2D eigenvalue weighted by atomic mass is 9.71. The third-order valence-corrected chi connectivity index (χ3v) is 5.06. The summed E-state index contributed by atoms with van der Waals surface area (Å²) in [5.41, 5.74) is 7.24. The largest absolute Gasteiger partial charge is 0.378 e. The minimum Gasteiger partial charge on any atom is -0.378 e. The minimum atomic E-state index is 0.288. The summed E-state index contributed by atoms with van der Waals surface area (Å²) in [6.45, 7) is 9.11. The second-order valence-corrected chi connectivity index (χ2v) is 6.95. The van der Waals surface area contributed by atoms with Crippen LogP contribution in [-0.2, 0) is 5.41 Å². The van der Waals surface area contributed by atoms with Crippen molar-refractivity contribution in [3.63, 3.8) is 0 Å². The van der Waals surface area contributed by atoms with Gasteiger partial charge >= 0.3 is 0 Å². The first kappa shape index (κ1) is 14.2. The van der Waals surface area contributed by atoms with Crippen molar-refractivity contribution in [1.82, 2.24) is 0 Å². The Bertz CT molecular complexity index is 655. The highest BCUT2D eigenvalue weighted by Gasteiger charge is 2.32. The van der Waals surface area contributed by atoms with Gasteiger partial charge in [0.2, 0.25) is 0 Å². The zero-order valence-corrected chi connectivity index (χ0v) is 13.5. The van der Waals surface area contributed by atoms with E-state index in [1.807, 2.05) is 0 Å². The van der Waals surface area contributed by atoms with Crippen molar-refractivity contribution in [3.8, 4) is 0 Å². The van der Waals surface area contributed by atoms with Gasteiger partial charge in [0.05, 0.1) is 6.04 Å². The molecule has 110 valence electrons. The SMILES string of the molecule is Cc1cccc(NC2CCC(C)(C)c3ccccc32)c1C. The van der Waals surface area contributed by atoms with E-state index in [4.69, 9.17) is 0 Å². The minimum absolute atomic E-state index is 0.288. The molecule has 2 aromatic rings. The van der Waals surface area contributed by atoms with Crippen LogP contribution in [0.5, 0.6) is 0 Å². The van der Waals surface area contributed by atoms with Crippen LogP contribution in [0.4, 0.5) is 5.69 Å². The van der Waals surface area contributed by atoms with Crippen LogP contribution in [0.2, 0.25) is 0 Å². The lowest BCUT2D eigenvalue weighted by molar-refractivity contribution is 0.406. The van der Waals surface area contributed by atoms with Gasteiger partial charge in [-0.2, -0.15) is 0 Å². The highest BCUT2D eigenvalue weighted by molar-refractivity contribution is 5.56. The van der Waals surface area contributed by atoms with E-state index in [0.717, 1.165) is 0 Å². The van der Waals surface area contributed by atoms with Gasteiger partial charge in [0, 0.05) is 5.69 Å². The molecule has 21 heavy (non-hydrogen) atoms. The fourth-order valence-corrected chi connectivity index (χ4v) is 3.46. The third-order valence-electron chi connectivity index (χ3n) is 5.06. The van der Waals surface area contributed by atoms with E-state index in [0.29, 0.717) is 6.04 Å². The highest BCUT2D eigenvalue weighted by Crippen LogP contribution is 2.42. The second kappa shape index (κ2) is 5.22. The van der Waals surface area contributed by atoms with Crippen molar-refractivity contribution in [1.29, 1.82) is 0 Å². The molecule has 3 rings (SSSR count). The number of fused-ring (bicyclic) bond motifs is 1. The van der Waals surface area contributed by atoms with Crippen LogP contribution in [0.15, 0.2) is 42.5 Å². The molecule has 1 N–H and O–H groups in total. The van der Waals surface area contributed by atoms with Gasteiger partial charge in [-0.1, -0.05) is 50.2 Å². The number of rotatable bonds is 2. The van der Waals surface area contributed by atoms with Crippen LogP contribution in [0.3, 0.4) is 0 Å². The number of anilines is 1. The average molecular weight is 279 g/mol. The van der Waals surface area contributed by atoms with E-state index >= 15 is 0 Å². The van der Waals surface area contributed by atoms with Gasteiger partial charge in [-0.25, -0.2) is 0 Å². The molecule has 0 radical (unpaired) electrons. The van der Waals surface area contributed by atoms with Crippen molar-refractivity contribution in [3.05, 3.63) is 64.7 Å². The van der Waals surface area contributed by atoms with Crippen LogP contribution in [0, 0.1) is 13.8 Å². The highest BCUT2D eigenvalue weighted by atomic mass is 14.9. The number of hydrogen-bond acceptors (Lipinski definition) is 1. The van der Waals surface area contributed by atoms with E-state index in [1.165, 1.54) is 40.8 Å². The molecule has 0 saturated heterocycles. The maximum Gasteiger partial charge on any atom is 0.0517 e. The predicted octanol–water partition coefficient (Wildman–Crippen LogP) is 5.53. The molecule has 1 nitrogen and oxygen atoms in total. The quantitative estimate of drug-likeness (QED) is 0.762. The molecule has 0 heterocycles. The fraction of sp³-hybridized carbons (Fsp3) is 0.400. The van der Waals surface area contributed by atoms with Gasteiger partial charge in [0.1, 0.15) is 0 Å². The third kappa shape index (κ3) is 2.57. The van der Waals surface area contributed by atoms with Crippen LogP contribution in [0.1, 0.15) is 55.0 Å². The van der Waals surface area contributed by atoms with Crippen LogP contribution >= 0.6 is 0 Å². The maximum absolute atomic E-state index is 3.78. The summed E-state index contributed by atoms with van der Waals surface area (Å²) in [5, 5.41) is 3.78. The monoisotopic (exact) mass is 279 g/mol. The second-order valence-electron chi connectivity index (χ2n) is 6.95. The van der Waals surface area contributed by atoms with Crippen molar-refractivity contribution in [2.24, 2.45) is 0 Å². The Hall–Kier alpha value is -1.76. The van der Waals surface area contributed by atoms with Crippen molar-refractivity contribution in [2.75, 3.05) is 5.32 Å². The molecule has 1 aliphatic rings. The molecule has 2 aromatic carbocycles. The predicted molar refractivity (Wildman–Crippen MR) is 91.0 cm³/mol. The number of hydrogen-bond donors (Lipinski definition) is 1. The molecule has 0 fully saturated rings. The maximum atomic E-state index is 3.78. The zero-order chi connectivity index (χ0) is 15.0. The summed E-state index contributed by atoms with van der Waals surface area (Å²) in [6, 6.07) is 15.9. The number of aryl methyl sites for hydroxylation is 1. The lowest BCUT2D eigenvalue weighted by Crippen LogP contribution is -2.29. The van der Waals surface area contributed by atoms with E-state index in [-0.39, 0.29) is 5.41 Å². The fourth-order valence-electron chi connectivity index (χ4n) is 3.46. The lowest BCUT2D eigenvalue weighted by Gasteiger charge is -2.38. The normalized spacial score (nSPS) is 19.9. The first-order valence-corrected chi connectivity index (χ1v) is 7.91. The molecular weight excluding hydrogens is 254 g/mol. The Kier molecular flexibility index (Phi) is 3.52. The van der Waals surface area contributed by atoms with E-state index in [2.05, 4.69) is 75.5 Å².